The van der Waals surface area contributed by atoms with E-state index >= 15 is 0 Å². The van der Waals surface area contributed by atoms with Crippen LogP contribution >= 0.6 is 11.6 Å². The number of nitrogens with one attached hydrogen (secondary N) is 2. The average Bonchev–Trinajstić information content (AvgIpc) is 2.20. The van der Waals surface area contributed by atoms with Crippen molar-refractivity contribution >= 4 is 23.2 Å². The van der Waals surface area contributed by atoms with Gasteiger partial charge in [-0.2, -0.15) is 0 Å². The number of halogens is 1. The van der Waals surface area contributed by atoms with Crippen LogP contribution in [0.2, 0.25) is 5.02 Å². The molecule has 0 aliphatic rings. The number of hydrogen-bond donors (Lipinski definition) is 3. The van der Waals surface area contributed by atoms with Gasteiger partial charge in [-0.3, -0.25) is 4.79 Å². The smallest absolute Gasteiger partial charge is 0.250 e. The van der Waals surface area contributed by atoms with E-state index in [4.69, 9.17) is 17.3 Å². The molecule has 15 heavy (non-hydrogen) atoms. The summed E-state index contributed by atoms with van der Waals surface area (Å²) < 4.78 is 0. The molecule has 1 amide bonds. The van der Waals surface area contributed by atoms with Crippen molar-refractivity contribution in [2.45, 2.75) is 0 Å². The van der Waals surface area contributed by atoms with E-state index < -0.39 is 5.91 Å². The van der Waals surface area contributed by atoms with Gasteiger partial charge in [-0.15, -0.1) is 0 Å². The van der Waals surface area contributed by atoms with E-state index in [2.05, 4.69) is 10.6 Å². The fourth-order valence-electron chi connectivity index (χ4n) is 1.20. The van der Waals surface area contributed by atoms with Crippen LogP contribution in [0.5, 0.6) is 0 Å². The molecule has 82 valence electrons. The summed E-state index contributed by atoms with van der Waals surface area (Å²) in [6.45, 7) is 1.53. The number of carbonyl (C=O) groups is 1. The second-order valence-corrected chi connectivity index (χ2v) is 3.52. The minimum atomic E-state index is -0.482. The maximum atomic E-state index is 11.1. The fourth-order valence-corrected chi connectivity index (χ4v) is 1.37. The highest BCUT2D eigenvalue weighted by Gasteiger charge is 2.07. The lowest BCUT2D eigenvalue weighted by Gasteiger charge is -2.09. The molecule has 0 unspecified atom stereocenters. The number of amides is 1. The summed E-state index contributed by atoms with van der Waals surface area (Å²) in [5, 5.41) is 6.60. The van der Waals surface area contributed by atoms with E-state index in [0.29, 0.717) is 16.3 Å². The molecule has 0 saturated heterocycles. The summed E-state index contributed by atoms with van der Waals surface area (Å²) in [5.74, 6) is -0.482. The highest BCUT2D eigenvalue weighted by molar-refractivity contribution is 6.31. The van der Waals surface area contributed by atoms with E-state index in [9.17, 15) is 4.79 Å². The van der Waals surface area contributed by atoms with E-state index in [1.54, 1.807) is 18.2 Å². The third-order valence-corrected chi connectivity index (χ3v) is 2.17. The van der Waals surface area contributed by atoms with Crippen molar-refractivity contribution in [2.75, 3.05) is 25.5 Å². The Balaban J connectivity index is 2.81. The Morgan fingerprint density at radius 3 is 2.80 bits per heavy atom. The Labute approximate surface area is 93.8 Å². The molecule has 0 bridgehead atoms. The van der Waals surface area contributed by atoms with Crippen LogP contribution in [-0.2, 0) is 0 Å². The molecule has 5 heteroatoms. The Morgan fingerprint density at radius 1 is 1.47 bits per heavy atom. The van der Waals surface area contributed by atoms with Crippen LogP contribution in [0, 0.1) is 0 Å². The molecule has 0 radical (unpaired) electrons. The number of primary amides is 1. The van der Waals surface area contributed by atoms with E-state index in [1.807, 2.05) is 7.05 Å². The quantitative estimate of drug-likeness (QED) is 0.660. The molecule has 4 nitrogen and oxygen atoms in total. The summed E-state index contributed by atoms with van der Waals surface area (Å²) in [6.07, 6.45) is 0. The Bertz CT molecular complexity index is 355. The topological polar surface area (TPSA) is 67.2 Å². The van der Waals surface area contributed by atoms with Gasteiger partial charge in [0.15, 0.2) is 0 Å². The van der Waals surface area contributed by atoms with Crippen LogP contribution in [0.25, 0.3) is 0 Å². The predicted octanol–water partition coefficient (Wildman–Crippen LogP) is 1.07. The van der Waals surface area contributed by atoms with Gasteiger partial charge < -0.3 is 16.4 Å². The molecule has 0 fully saturated rings. The van der Waals surface area contributed by atoms with E-state index in [-0.39, 0.29) is 0 Å². The predicted molar refractivity (Wildman–Crippen MR) is 62.4 cm³/mol. The SMILES string of the molecule is CNCCNc1ccc(Cl)cc1C(N)=O. The summed E-state index contributed by atoms with van der Waals surface area (Å²) >= 11 is 5.77. The van der Waals surface area contributed by atoms with Crippen LogP contribution in [0.1, 0.15) is 10.4 Å². The first kappa shape index (κ1) is 11.8. The van der Waals surface area contributed by atoms with Crippen molar-refractivity contribution in [2.24, 2.45) is 5.73 Å². The number of benzene rings is 1. The molecule has 0 heterocycles. The lowest BCUT2D eigenvalue weighted by molar-refractivity contribution is 0.100. The van der Waals surface area contributed by atoms with Gasteiger partial charge in [0.05, 0.1) is 5.56 Å². The number of nitrogens with two attached hydrogens (primary N) is 1. The Morgan fingerprint density at radius 2 is 2.20 bits per heavy atom. The number of rotatable bonds is 5. The van der Waals surface area contributed by atoms with Crippen LogP contribution in [0.15, 0.2) is 18.2 Å². The maximum Gasteiger partial charge on any atom is 0.250 e. The molecular formula is C10H14ClN3O. The average molecular weight is 228 g/mol. The van der Waals surface area contributed by atoms with Crippen LogP contribution < -0.4 is 16.4 Å². The van der Waals surface area contributed by atoms with Crippen molar-refractivity contribution in [1.82, 2.24) is 5.32 Å². The molecule has 1 aromatic rings. The molecule has 0 atom stereocenters. The molecule has 0 aromatic heterocycles. The molecule has 0 aliphatic heterocycles. The van der Waals surface area contributed by atoms with Gasteiger partial charge in [0.25, 0.3) is 5.91 Å². The first-order chi connectivity index (χ1) is 7.15. The minimum absolute atomic E-state index is 0.415. The lowest BCUT2D eigenvalue weighted by Crippen LogP contribution is -2.20. The van der Waals surface area contributed by atoms with Gasteiger partial charge in [-0.05, 0) is 25.2 Å². The highest BCUT2D eigenvalue weighted by Crippen LogP contribution is 2.19. The fraction of sp³-hybridized carbons (Fsp3) is 0.300. The zero-order valence-electron chi connectivity index (χ0n) is 8.51. The second-order valence-electron chi connectivity index (χ2n) is 3.08. The number of carbonyl (C=O) groups excluding carboxylic acids is 1. The van der Waals surface area contributed by atoms with E-state index in [1.165, 1.54) is 0 Å². The van der Waals surface area contributed by atoms with Gasteiger partial charge >= 0.3 is 0 Å². The first-order valence-electron chi connectivity index (χ1n) is 4.63. The Kier molecular flexibility index (Phi) is 4.39. The monoisotopic (exact) mass is 227 g/mol. The van der Waals surface area contributed by atoms with Crippen molar-refractivity contribution in [3.05, 3.63) is 28.8 Å². The Hall–Kier alpha value is -1.26. The van der Waals surface area contributed by atoms with Gasteiger partial charge in [0.1, 0.15) is 0 Å². The number of hydrogen-bond acceptors (Lipinski definition) is 3. The third kappa shape index (κ3) is 3.42. The maximum absolute atomic E-state index is 11.1. The summed E-state index contributed by atoms with van der Waals surface area (Å²) in [5.41, 5.74) is 6.36. The van der Waals surface area contributed by atoms with Gasteiger partial charge in [-0.25, -0.2) is 0 Å². The van der Waals surface area contributed by atoms with E-state index in [0.717, 1.165) is 13.1 Å². The molecular weight excluding hydrogens is 214 g/mol. The van der Waals surface area contributed by atoms with Crippen LogP contribution in [0.3, 0.4) is 0 Å². The number of likely N-dealkylation sites (N-methyl/N-ethyl adjacent to an activating group) is 1. The molecule has 4 N–H and O–H groups in total. The normalized spacial score (nSPS) is 10.0. The zero-order chi connectivity index (χ0) is 11.3. The zero-order valence-corrected chi connectivity index (χ0v) is 9.27. The largest absolute Gasteiger partial charge is 0.383 e. The first-order valence-corrected chi connectivity index (χ1v) is 5.00. The summed E-state index contributed by atoms with van der Waals surface area (Å²) in [7, 11) is 1.86. The standard InChI is InChI=1S/C10H14ClN3O/c1-13-4-5-14-9-3-2-7(11)6-8(9)10(12)15/h2-3,6,13-14H,4-5H2,1H3,(H2,12,15). The van der Waals surface area contributed by atoms with Crippen LogP contribution in [0.4, 0.5) is 5.69 Å². The van der Waals surface area contributed by atoms with Crippen LogP contribution in [-0.4, -0.2) is 26.0 Å². The van der Waals surface area contributed by atoms with Crippen molar-refractivity contribution in [3.63, 3.8) is 0 Å². The molecule has 0 aliphatic carbocycles. The summed E-state index contributed by atoms with van der Waals surface area (Å²) in [4.78, 5) is 11.1. The van der Waals surface area contributed by atoms with Crippen molar-refractivity contribution in [1.29, 1.82) is 0 Å². The lowest BCUT2D eigenvalue weighted by atomic mass is 10.1. The molecule has 0 saturated carbocycles. The minimum Gasteiger partial charge on any atom is -0.383 e. The highest BCUT2D eigenvalue weighted by atomic mass is 35.5. The third-order valence-electron chi connectivity index (χ3n) is 1.94. The van der Waals surface area contributed by atoms with Gasteiger partial charge in [0, 0.05) is 23.8 Å². The van der Waals surface area contributed by atoms with Crippen molar-refractivity contribution in [3.8, 4) is 0 Å². The molecule has 1 rings (SSSR count). The number of anilines is 1. The summed E-state index contributed by atoms with van der Waals surface area (Å²) in [6, 6.07) is 5.03. The second kappa shape index (κ2) is 5.58. The van der Waals surface area contributed by atoms with Crippen molar-refractivity contribution < 1.29 is 4.79 Å². The molecule has 0 spiro atoms. The van der Waals surface area contributed by atoms with Gasteiger partial charge in [0.2, 0.25) is 0 Å². The molecule has 1 aromatic carbocycles. The van der Waals surface area contributed by atoms with Gasteiger partial charge in [-0.1, -0.05) is 11.6 Å².